The van der Waals surface area contributed by atoms with Crippen LogP contribution in [0.15, 0.2) is 29.1 Å². The zero-order chi connectivity index (χ0) is 11.6. The van der Waals surface area contributed by atoms with E-state index in [0.29, 0.717) is 12.8 Å². The minimum atomic E-state index is -1.03. The summed E-state index contributed by atoms with van der Waals surface area (Å²) in [5.74, 6) is -1.38. The van der Waals surface area contributed by atoms with Crippen LogP contribution in [0, 0.1) is 0 Å². The van der Waals surface area contributed by atoms with Crippen LogP contribution in [-0.4, -0.2) is 22.5 Å². The monoisotopic (exact) mass is 221 g/mol. The molecule has 1 aromatic rings. The zero-order valence-electron chi connectivity index (χ0n) is 8.47. The van der Waals surface area contributed by atoms with Crippen molar-refractivity contribution in [3.8, 4) is 0 Å². The predicted octanol–water partition coefficient (Wildman–Crippen LogP) is 1.03. The van der Waals surface area contributed by atoms with Crippen LogP contribution in [0.25, 0.3) is 6.08 Å². The number of nitrogens with one attached hydrogen (secondary N) is 1. The van der Waals surface area contributed by atoms with E-state index in [1.807, 2.05) is 0 Å². The number of furan rings is 1. The molecule has 0 bridgehead atoms. The molecule has 5 heteroatoms. The van der Waals surface area contributed by atoms with Crippen LogP contribution in [0.5, 0.6) is 0 Å². The van der Waals surface area contributed by atoms with Gasteiger partial charge in [-0.1, -0.05) is 0 Å². The first-order valence-corrected chi connectivity index (χ1v) is 4.88. The second-order valence-corrected chi connectivity index (χ2v) is 3.77. The molecule has 0 atom stereocenters. The van der Waals surface area contributed by atoms with Gasteiger partial charge in [-0.3, -0.25) is 4.79 Å². The largest absolute Gasteiger partial charge is 0.480 e. The Bertz CT molecular complexity index is 429. The van der Waals surface area contributed by atoms with Crippen molar-refractivity contribution < 1.29 is 19.1 Å². The molecule has 0 saturated heterocycles. The summed E-state index contributed by atoms with van der Waals surface area (Å²) in [6, 6.07) is 1.70. The first kappa shape index (κ1) is 10.5. The van der Waals surface area contributed by atoms with Crippen molar-refractivity contribution in [1.82, 2.24) is 5.32 Å². The first-order chi connectivity index (χ1) is 7.62. The van der Waals surface area contributed by atoms with Gasteiger partial charge in [-0.25, -0.2) is 4.79 Å². The van der Waals surface area contributed by atoms with E-state index in [-0.39, 0.29) is 0 Å². The van der Waals surface area contributed by atoms with E-state index in [1.54, 1.807) is 12.1 Å². The van der Waals surface area contributed by atoms with Gasteiger partial charge < -0.3 is 14.8 Å². The summed E-state index contributed by atoms with van der Waals surface area (Å²) in [6.07, 6.45) is 6.84. The van der Waals surface area contributed by atoms with Crippen LogP contribution in [0.4, 0.5) is 0 Å². The van der Waals surface area contributed by atoms with Crippen molar-refractivity contribution in [2.75, 3.05) is 0 Å². The van der Waals surface area contributed by atoms with E-state index in [4.69, 9.17) is 9.52 Å². The molecular weight excluding hydrogens is 210 g/mol. The fourth-order valence-electron chi connectivity index (χ4n) is 1.34. The number of rotatable bonds is 4. The van der Waals surface area contributed by atoms with Gasteiger partial charge in [-0.2, -0.15) is 0 Å². The van der Waals surface area contributed by atoms with Crippen molar-refractivity contribution in [3.05, 3.63) is 30.2 Å². The van der Waals surface area contributed by atoms with Crippen LogP contribution >= 0.6 is 0 Å². The molecule has 0 radical (unpaired) electrons. The molecule has 0 aliphatic heterocycles. The SMILES string of the molecule is O=C(C=Cc1ccoc1)NC1(C(=O)O)CC1. The summed E-state index contributed by atoms with van der Waals surface area (Å²) in [4.78, 5) is 22.2. The van der Waals surface area contributed by atoms with E-state index in [2.05, 4.69) is 5.32 Å². The quantitative estimate of drug-likeness (QED) is 0.744. The third-order valence-electron chi connectivity index (χ3n) is 2.49. The average Bonchev–Trinajstić information content (AvgIpc) is 2.84. The van der Waals surface area contributed by atoms with Gasteiger partial charge in [0.1, 0.15) is 5.54 Å². The van der Waals surface area contributed by atoms with Crippen LogP contribution in [0.1, 0.15) is 18.4 Å². The Labute approximate surface area is 91.8 Å². The van der Waals surface area contributed by atoms with Crippen LogP contribution in [0.2, 0.25) is 0 Å². The van der Waals surface area contributed by atoms with Gasteiger partial charge in [0.15, 0.2) is 0 Å². The molecule has 0 spiro atoms. The molecule has 1 aliphatic rings. The highest BCUT2D eigenvalue weighted by atomic mass is 16.4. The Hall–Kier alpha value is -2.04. The fraction of sp³-hybridized carbons (Fsp3) is 0.273. The second-order valence-electron chi connectivity index (χ2n) is 3.77. The number of carbonyl (C=O) groups is 2. The first-order valence-electron chi connectivity index (χ1n) is 4.88. The topological polar surface area (TPSA) is 79.5 Å². The lowest BCUT2D eigenvalue weighted by Crippen LogP contribution is -2.42. The van der Waals surface area contributed by atoms with E-state index >= 15 is 0 Å². The van der Waals surface area contributed by atoms with E-state index in [0.717, 1.165) is 5.56 Å². The Morgan fingerprint density at radius 3 is 2.75 bits per heavy atom. The van der Waals surface area contributed by atoms with Gasteiger partial charge >= 0.3 is 5.97 Å². The molecule has 1 aliphatic carbocycles. The molecule has 2 N–H and O–H groups in total. The van der Waals surface area contributed by atoms with Crippen LogP contribution in [0.3, 0.4) is 0 Å². The summed E-state index contributed by atoms with van der Waals surface area (Å²) >= 11 is 0. The number of hydrogen-bond donors (Lipinski definition) is 2. The number of carboxylic acid groups (broad SMARTS) is 1. The lowest BCUT2D eigenvalue weighted by Gasteiger charge is -2.09. The molecule has 0 unspecified atom stereocenters. The number of aliphatic carboxylic acids is 1. The Morgan fingerprint density at radius 2 is 2.25 bits per heavy atom. The minimum absolute atomic E-state index is 0.402. The van der Waals surface area contributed by atoms with Crippen molar-refractivity contribution in [2.24, 2.45) is 0 Å². The number of amides is 1. The van der Waals surface area contributed by atoms with Gasteiger partial charge in [0.2, 0.25) is 5.91 Å². The van der Waals surface area contributed by atoms with E-state index in [9.17, 15) is 9.59 Å². The number of carboxylic acids is 1. The van der Waals surface area contributed by atoms with Crippen LogP contribution < -0.4 is 5.32 Å². The molecule has 0 aromatic carbocycles. The lowest BCUT2D eigenvalue weighted by molar-refractivity contribution is -0.142. The number of hydrogen-bond acceptors (Lipinski definition) is 3. The summed E-state index contributed by atoms with van der Waals surface area (Å²) in [7, 11) is 0. The molecule has 84 valence electrons. The van der Waals surface area contributed by atoms with E-state index in [1.165, 1.54) is 18.6 Å². The maximum atomic E-state index is 11.4. The highest BCUT2D eigenvalue weighted by Crippen LogP contribution is 2.35. The molecule has 1 aromatic heterocycles. The molecule has 2 rings (SSSR count). The normalized spacial score (nSPS) is 17.2. The lowest BCUT2D eigenvalue weighted by atomic mass is 10.2. The molecule has 1 fully saturated rings. The van der Waals surface area contributed by atoms with E-state index < -0.39 is 17.4 Å². The third-order valence-corrected chi connectivity index (χ3v) is 2.49. The maximum Gasteiger partial charge on any atom is 0.329 e. The molecular formula is C11H11NO4. The van der Waals surface area contributed by atoms with Crippen molar-refractivity contribution >= 4 is 18.0 Å². The van der Waals surface area contributed by atoms with Crippen LogP contribution in [-0.2, 0) is 9.59 Å². The van der Waals surface area contributed by atoms with Gasteiger partial charge in [-0.05, 0) is 25.0 Å². The Morgan fingerprint density at radius 1 is 1.50 bits per heavy atom. The highest BCUT2D eigenvalue weighted by molar-refractivity contribution is 5.96. The second kappa shape index (κ2) is 3.84. The standard InChI is InChI=1S/C11H11NO4/c13-9(2-1-8-3-6-16-7-8)12-11(4-5-11)10(14)15/h1-3,6-7H,4-5H2,(H,12,13)(H,14,15). The van der Waals surface area contributed by atoms with Crippen molar-refractivity contribution in [1.29, 1.82) is 0 Å². The zero-order valence-corrected chi connectivity index (χ0v) is 8.47. The number of carbonyl (C=O) groups excluding carboxylic acids is 1. The minimum Gasteiger partial charge on any atom is -0.480 e. The summed E-state index contributed by atoms with van der Waals surface area (Å²) in [6.45, 7) is 0. The molecule has 16 heavy (non-hydrogen) atoms. The molecule has 1 saturated carbocycles. The van der Waals surface area contributed by atoms with Gasteiger partial charge in [0.25, 0.3) is 0 Å². The smallest absolute Gasteiger partial charge is 0.329 e. The maximum absolute atomic E-state index is 11.4. The molecule has 1 heterocycles. The van der Waals surface area contributed by atoms with Gasteiger partial charge in [0, 0.05) is 11.6 Å². The average molecular weight is 221 g/mol. The summed E-state index contributed by atoms with van der Waals surface area (Å²) in [5.41, 5.74) is -0.270. The Kier molecular flexibility index (Phi) is 2.52. The van der Waals surface area contributed by atoms with Crippen molar-refractivity contribution in [3.63, 3.8) is 0 Å². The Balaban J connectivity index is 1.92. The summed E-state index contributed by atoms with van der Waals surface area (Å²) < 4.78 is 4.82. The third kappa shape index (κ3) is 2.13. The van der Waals surface area contributed by atoms with Crippen molar-refractivity contribution in [2.45, 2.75) is 18.4 Å². The summed E-state index contributed by atoms with van der Waals surface area (Å²) in [5, 5.41) is 11.3. The van der Waals surface area contributed by atoms with Gasteiger partial charge in [0.05, 0.1) is 12.5 Å². The fourth-order valence-corrected chi connectivity index (χ4v) is 1.34. The predicted molar refractivity (Wildman–Crippen MR) is 55.5 cm³/mol. The molecule has 5 nitrogen and oxygen atoms in total. The van der Waals surface area contributed by atoms with Gasteiger partial charge in [-0.15, -0.1) is 0 Å². The molecule has 1 amide bonds. The highest BCUT2D eigenvalue weighted by Gasteiger charge is 2.51.